The lowest BCUT2D eigenvalue weighted by molar-refractivity contribution is 0.406. The minimum Gasteiger partial charge on any atom is -0.496 e. The van der Waals surface area contributed by atoms with E-state index in [0.717, 1.165) is 24.2 Å². The fourth-order valence-corrected chi connectivity index (χ4v) is 2.16. The van der Waals surface area contributed by atoms with Crippen LogP contribution >= 0.6 is 0 Å². The molecule has 0 aliphatic heterocycles. The number of hydrogen-bond acceptors (Lipinski definition) is 2. The summed E-state index contributed by atoms with van der Waals surface area (Å²) in [5, 5.41) is 8.68. The molecule has 2 nitrogen and oxygen atoms in total. The lowest BCUT2D eigenvalue weighted by Gasteiger charge is -2.10. The van der Waals surface area contributed by atoms with Crippen LogP contribution < -0.4 is 4.74 Å². The molecule has 0 N–H and O–H groups in total. The van der Waals surface area contributed by atoms with Gasteiger partial charge >= 0.3 is 0 Å². The number of benzene rings is 1. The molecular formula is C12H13NO. The molecule has 0 heterocycles. The van der Waals surface area contributed by atoms with E-state index in [1.807, 2.05) is 6.07 Å². The molecule has 0 aromatic heterocycles. The van der Waals surface area contributed by atoms with E-state index in [-0.39, 0.29) is 0 Å². The lowest BCUT2D eigenvalue weighted by atomic mass is 10.0. The molecule has 0 radical (unpaired) electrons. The van der Waals surface area contributed by atoms with Gasteiger partial charge in [-0.15, -0.1) is 0 Å². The van der Waals surface area contributed by atoms with Crippen molar-refractivity contribution >= 4 is 0 Å². The average molecular weight is 187 g/mol. The van der Waals surface area contributed by atoms with Crippen LogP contribution in [0, 0.1) is 11.3 Å². The lowest BCUT2D eigenvalue weighted by Crippen LogP contribution is -1.96. The van der Waals surface area contributed by atoms with Crippen molar-refractivity contribution in [2.75, 3.05) is 7.11 Å². The SMILES string of the molecule is COc1c(CC#N)ccc2c1CCC2. The molecule has 1 aliphatic rings. The highest BCUT2D eigenvalue weighted by Gasteiger charge is 2.17. The van der Waals surface area contributed by atoms with Gasteiger partial charge in [-0.3, -0.25) is 0 Å². The summed E-state index contributed by atoms with van der Waals surface area (Å²) >= 11 is 0. The number of hydrogen-bond donors (Lipinski definition) is 0. The molecule has 1 aromatic carbocycles. The first-order valence-corrected chi connectivity index (χ1v) is 4.91. The standard InChI is InChI=1S/C12H13NO/c1-14-12-10(7-8-13)6-5-9-3-2-4-11(9)12/h5-6H,2-4,7H2,1H3. The number of nitrogens with zero attached hydrogens (tertiary/aromatic N) is 1. The molecule has 0 atom stereocenters. The highest BCUT2D eigenvalue weighted by Crippen LogP contribution is 2.33. The van der Waals surface area contributed by atoms with Gasteiger partial charge in [0.1, 0.15) is 5.75 Å². The monoisotopic (exact) mass is 187 g/mol. The van der Waals surface area contributed by atoms with E-state index in [1.54, 1.807) is 7.11 Å². The van der Waals surface area contributed by atoms with Crippen LogP contribution in [-0.4, -0.2) is 7.11 Å². The molecule has 0 saturated heterocycles. The van der Waals surface area contributed by atoms with E-state index in [2.05, 4.69) is 12.1 Å². The third-order valence-electron chi connectivity index (χ3n) is 2.79. The molecule has 0 fully saturated rings. The minimum atomic E-state index is 0.441. The molecule has 0 amide bonds. The maximum Gasteiger partial charge on any atom is 0.126 e. The fourth-order valence-electron chi connectivity index (χ4n) is 2.16. The van der Waals surface area contributed by atoms with E-state index in [9.17, 15) is 0 Å². The van der Waals surface area contributed by atoms with Crippen molar-refractivity contribution in [3.05, 3.63) is 28.8 Å². The zero-order valence-electron chi connectivity index (χ0n) is 8.34. The molecule has 1 aromatic rings. The fraction of sp³-hybridized carbons (Fsp3) is 0.417. The maximum absolute atomic E-state index is 8.68. The van der Waals surface area contributed by atoms with Gasteiger partial charge in [0.05, 0.1) is 19.6 Å². The molecule has 2 heteroatoms. The zero-order valence-corrected chi connectivity index (χ0v) is 8.34. The Bertz CT molecular complexity index is 390. The summed E-state index contributed by atoms with van der Waals surface area (Å²) < 4.78 is 5.39. The third-order valence-corrected chi connectivity index (χ3v) is 2.79. The van der Waals surface area contributed by atoms with Gasteiger partial charge in [0, 0.05) is 5.56 Å². The number of rotatable bonds is 2. The number of ether oxygens (including phenoxy) is 1. The first-order chi connectivity index (χ1) is 6.86. The van der Waals surface area contributed by atoms with Crippen LogP contribution in [0.5, 0.6) is 5.75 Å². The summed E-state index contributed by atoms with van der Waals surface area (Å²) in [6.07, 6.45) is 3.90. The van der Waals surface area contributed by atoms with E-state index >= 15 is 0 Å². The van der Waals surface area contributed by atoms with Crippen LogP contribution in [0.3, 0.4) is 0 Å². The van der Waals surface area contributed by atoms with Crippen molar-refractivity contribution in [2.45, 2.75) is 25.7 Å². The van der Waals surface area contributed by atoms with Crippen LogP contribution in [0.15, 0.2) is 12.1 Å². The normalized spacial score (nSPS) is 13.4. The Morgan fingerprint density at radius 1 is 1.43 bits per heavy atom. The van der Waals surface area contributed by atoms with Gasteiger partial charge in [0.2, 0.25) is 0 Å². The number of nitriles is 1. The summed E-state index contributed by atoms with van der Waals surface area (Å²) in [6.45, 7) is 0. The minimum absolute atomic E-state index is 0.441. The summed E-state index contributed by atoms with van der Waals surface area (Å²) in [4.78, 5) is 0. The highest BCUT2D eigenvalue weighted by molar-refractivity contribution is 5.49. The topological polar surface area (TPSA) is 33.0 Å². The zero-order chi connectivity index (χ0) is 9.97. The van der Waals surface area contributed by atoms with Crippen molar-refractivity contribution in [3.63, 3.8) is 0 Å². The van der Waals surface area contributed by atoms with Gasteiger partial charge in [-0.05, 0) is 30.4 Å². The predicted molar refractivity (Wildman–Crippen MR) is 54.3 cm³/mol. The number of methoxy groups -OCH3 is 1. The summed E-state index contributed by atoms with van der Waals surface area (Å²) in [5.41, 5.74) is 3.74. The Balaban J connectivity index is 2.49. The highest BCUT2D eigenvalue weighted by atomic mass is 16.5. The maximum atomic E-state index is 8.68. The number of aryl methyl sites for hydroxylation is 1. The molecule has 0 spiro atoms. The quantitative estimate of drug-likeness (QED) is 0.711. The van der Waals surface area contributed by atoms with Gasteiger partial charge in [-0.1, -0.05) is 12.1 Å². The largest absolute Gasteiger partial charge is 0.496 e. The van der Waals surface area contributed by atoms with Crippen molar-refractivity contribution in [2.24, 2.45) is 0 Å². The predicted octanol–water partition coefficient (Wildman–Crippen LogP) is 2.25. The molecule has 1 aliphatic carbocycles. The molecular weight excluding hydrogens is 174 g/mol. The van der Waals surface area contributed by atoms with E-state index < -0.39 is 0 Å². The van der Waals surface area contributed by atoms with Crippen LogP contribution in [0.4, 0.5) is 0 Å². The Morgan fingerprint density at radius 3 is 3.00 bits per heavy atom. The second-order valence-electron chi connectivity index (χ2n) is 3.58. The van der Waals surface area contributed by atoms with Crippen LogP contribution in [0.1, 0.15) is 23.1 Å². The van der Waals surface area contributed by atoms with Crippen LogP contribution in [0.2, 0.25) is 0 Å². The summed E-state index contributed by atoms with van der Waals surface area (Å²) in [5.74, 6) is 0.946. The second-order valence-corrected chi connectivity index (χ2v) is 3.58. The Kier molecular flexibility index (Phi) is 2.41. The van der Waals surface area contributed by atoms with Crippen molar-refractivity contribution in [3.8, 4) is 11.8 Å². The molecule has 2 rings (SSSR count). The van der Waals surface area contributed by atoms with Gasteiger partial charge in [-0.25, -0.2) is 0 Å². The molecule has 0 bridgehead atoms. The summed E-state index contributed by atoms with van der Waals surface area (Å²) in [6, 6.07) is 6.33. The second kappa shape index (κ2) is 3.71. The van der Waals surface area contributed by atoms with Crippen molar-refractivity contribution in [1.29, 1.82) is 5.26 Å². The van der Waals surface area contributed by atoms with Gasteiger partial charge in [0.15, 0.2) is 0 Å². The van der Waals surface area contributed by atoms with Gasteiger partial charge in [-0.2, -0.15) is 5.26 Å². The van der Waals surface area contributed by atoms with Crippen molar-refractivity contribution < 1.29 is 4.74 Å². The Morgan fingerprint density at radius 2 is 2.29 bits per heavy atom. The smallest absolute Gasteiger partial charge is 0.126 e. The van der Waals surface area contributed by atoms with Gasteiger partial charge < -0.3 is 4.74 Å². The molecule has 14 heavy (non-hydrogen) atoms. The van der Waals surface area contributed by atoms with Crippen LogP contribution in [0.25, 0.3) is 0 Å². The first kappa shape index (κ1) is 9.08. The van der Waals surface area contributed by atoms with Crippen molar-refractivity contribution in [1.82, 2.24) is 0 Å². The molecule has 0 unspecified atom stereocenters. The van der Waals surface area contributed by atoms with E-state index in [1.165, 1.54) is 17.5 Å². The Labute approximate surface area is 84.1 Å². The van der Waals surface area contributed by atoms with E-state index in [4.69, 9.17) is 10.00 Å². The molecule has 0 saturated carbocycles. The van der Waals surface area contributed by atoms with E-state index in [0.29, 0.717) is 6.42 Å². The third kappa shape index (κ3) is 1.35. The van der Waals surface area contributed by atoms with Gasteiger partial charge in [0.25, 0.3) is 0 Å². The summed E-state index contributed by atoms with van der Waals surface area (Å²) in [7, 11) is 1.69. The molecule has 72 valence electrons. The average Bonchev–Trinajstić information content (AvgIpc) is 2.66. The first-order valence-electron chi connectivity index (χ1n) is 4.91. The Hall–Kier alpha value is -1.49. The number of fused-ring (bicyclic) bond motifs is 1. The van der Waals surface area contributed by atoms with Crippen LogP contribution in [-0.2, 0) is 19.3 Å².